The quantitative estimate of drug-likeness (QED) is 0.757. The molecule has 8 heteroatoms. The third-order valence-electron chi connectivity index (χ3n) is 4.18. The van der Waals surface area contributed by atoms with E-state index in [1.165, 1.54) is 18.7 Å². The van der Waals surface area contributed by atoms with Gasteiger partial charge in [-0.1, -0.05) is 18.2 Å². The summed E-state index contributed by atoms with van der Waals surface area (Å²) in [6, 6.07) is 9.08. The molecule has 2 heterocycles. The lowest BCUT2D eigenvalue weighted by atomic mass is 9.97. The van der Waals surface area contributed by atoms with Crippen molar-refractivity contribution >= 4 is 16.9 Å². The summed E-state index contributed by atoms with van der Waals surface area (Å²) in [5.41, 5.74) is 5.94. The lowest BCUT2D eigenvalue weighted by Gasteiger charge is -2.16. The van der Waals surface area contributed by atoms with Crippen LogP contribution in [0.4, 0.5) is 5.82 Å². The van der Waals surface area contributed by atoms with Crippen molar-refractivity contribution in [2.24, 2.45) is 14.1 Å². The van der Waals surface area contributed by atoms with Crippen LogP contribution in [-0.4, -0.2) is 20.7 Å². The molecule has 0 radical (unpaired) electrons. The molecule has 0 aliphatic heterocycles. The number of nitrogen functional groups attached to an aromatic ring is 1. The number of pyridine rings is 1. The molecule has 0 spiro atoms. The van der Waals surface area contributed by atoms with Gasteiger partial charge in [0.1, 0.15) is 23.2 Å². The average Bonchev–Trinajstić information content (AvgIpc) is 2.64. The van der Waals surface area contributed by atoms with E-state index in [0.717, 1.165) is 4.57 Å². The molecule has 0 saturated heterocycles. The maximum atomic E-state index is 12.9. The van der Waals surface area contributed by atoms with Crippen molar-refractivity contribution in [1.82, 2.24) is 14.1 Å². The van der Waals surface area contributed by atoms with E-state index < -0.39 is 11.2 Å². The zero-order chi connectivity index (χ0) is 19.0. The van der Waals surface area contributed by atoms with Crippen molar-refractivity contribution in [2.75, 3.05) is 12.3 Å². The Labute approximate surface area is 148 Å². The van der Waals surface area contributed by atoms with Crippen LogP contribution in [0.1, 0.15) is 12.5 Å². The first-order valence-electron chi connectivity index (χ1n) is 7.93. The van der Waals surface area contributed by atoms with Gasteiger partial charge in [0.15, 0.2) is 5.65 Å². The van der Waals surface area contributed by atoms with Gasteiger partial charge in [-0.05, 0) is 13.0 Å². The maximum absolute atomic E-state index is 12.9. The standard InChI is InChI=1S/C18H17N5O3/c1-4-26-12-8-6-5-7-10(12)13-11(9-19)15(20)21-16-14(13)17(24)23(3)18(25)22(16)2/h5-8H,4H2,1-3H3,(H2,20,21). The Kier molecular flexibility index (Phi) is 4.22. The van der Waals surface area contributed by atoms with Gasteiger partial charge in [-0.15, -0.1) is 0 Å². The number of aryl methyl sites for hydroxylation is 1. The molecule has 3 aromatic rings. The molecule has 2 aromatic heterocycles. The molecule has 0 aliphatic carbocycles. The topological polar surface area (TPSA) is 116 Å². The summed E-state index contributed by atoms with van der Waals surface area (Å²) in [6.45, 7) is 2.25. The number of benzene rings is 1. The SMILES string of the molecule is CCOc1ccccc1-c1c(C#N)c(N)nc2c1c(=O)n(C)c(=O)n2C. The van der Waals surface area contributed by atoms with Gasteiger partial charge in [0.25, 0.3) is 5.56 Å². The smallest absolute Gasteiger partial charge is 0.332 e. The van der Waals surface area contributed by atoms with Gasteiger partial charge in [0, 0.05) is 25.2 Å². The van der Waals surface area contributed by atoms with Crippen LogP contribution in [0.3, 0.4) is 0 Å². The molecule has 0 bridgehead atoms. The first kappa shape index (κ1) is 17.2. The molecule has 8 nitrogen and oxygen atoms in total. The van der Waals surface area contributed by atoms with Crippen molar-refractivity contribution in [3.63, 3.8) is 0 Å². The average molecular weight is 351 g/mol. The minimum atomic E-state index is -0.548. The number of ether oxygens (including phenoxy) is 1. The second-order valence-corrected chi connectivity index (χ2v) is 5.69. The molecule has 0 amide bonds. The van der Waals surface area contributed by atoms with Crippen LogP contribution in [0.2, 0.25) is 0 Å². The normalized spacial score (nSPS) is 10.7. The second kappa shape index (κ2) is 6.37. The zero-order valence-corrected chi connectivity index (χ0v) is 14.6. The van der Waals surface area contributed by atoms with Crippen LogP contribution >= 0.6 is 0 Å². The highest BCUT2D eigenvalue weighted by Gasteiger charge is 2.23. The van der Waals surface area contributed by atoms with E-state index in [1.807, 2.05) is 13.0 Å². The highest BCUT2D eigenvalue weighted by atomic mass is 16.5. The lowest BCUT2D eigenvalue weighted by molar-refractivity contribution is 0.341. The van der Waals surface area contributed by atoms with Gasteiger partial charge in [-0.25, -0.2) is 9.78 Å². The van der Waals surface area contributed by atoms with Crippen LogP contribution in [0, 0.1) is 11.3 Å². The fourth-order valence-electron chi connectivity index (χ4n) is 2.94. The third-order valence-corrected chi connectivity index (χ3v) is 4.18. The number of anilines is 1. The molecular formula is C18H17N5O3. The van der Waals surface area contributed by atoms with E-state index in [9.17, 15) is 14.9 Å². The van der Waals surface area contributed by atoms with Crippen molar-refractivity contribution < 1.29 is 4.74 Å². The van der Waals surface area contributed by atoms with Crippen molar-refractivity contribution in [1.29, 1.82) is 5.26 Å². The summed E-state index contributed by atoms with van der Waals surface area (Å²) in [7, 11) is 2.88. The maximum Gasteiger partial charge on any atom is 0.332 e. The predicted octanol–water partition coefficient (Wildman–Crippen LogP) is 1.15. The van der Waals surface area contributed by atoms with E-state index in [-0.39, 0.29) is 22.4 Å². The summed E-state index contributed by atoms with van der Waals surface area (Å²) < 4.78 is 7.87. The highest BCUT2D eigenvalue weighted by molar-refractivity contribution is 5.99. The van der Waals surface area contributed by atoms with Crippen molar-refractivity contribution in [3.05, 3.63) is 50.7 Å². The van der Waals surface area contributed by atoms with Crippen LogP contribution in [0.15, 0.2) is 33.9 Å². The summed E-state index contributed by atoms with van der Waals surface area (Å²) >= 11 is 0. The number of nitrogens with zero attached hydrogens (tertiary/aromatic N) is 4. The fourth-order valence-corrected chi connectivity index (χ4v) is 2.94. The largest absolute Gasteiger partial charge is 0.493 e. The first-order chi connectivity index (χ1) is 12.4. The number of hydrogen-bond donors (Lipinski definition) is 1. The molecule has 0 atom stereocenters. The van der Waals surface area contributed by atoms with Crippen molar-refractivity contribution in [3.8, 4) is 22.9 Å². The van der Waals surface area contributed by atoms with Gasteiger partial charge < -0.3 is 10.5 Å². The Morgan fingerprint density at radius 1 is 1.23 bits per heavy atom. The number of nitriles is 1. The van der Waals surface area contributed by atoms with Gasteiger partial charge in [0.2, 0.25) is 0 Å². The molecule has 0 fully saturated rings. The van der Waals surface area contributed by atoms with Gasteiger partial charge in [-0.3, -0.25) is 13.9 Å². The van der Waals surface area contributed by atoms with E-state index >= 15 is 0 Å². The summed E-state index contributed by atoms with van der Waals surface area (Å²) in [5, 5.41) is 9.78. The number of fused-ring (bicyclic) bond motifs is 1. The number of hydrogen-bond acceptors (Lipinski definition) is 6. The molecule has 26 heavy (non-hydrogen) atoms. The molecule has 0 unspecified atom stereocenters. The Hall–Kier alpha value is -3.60. The Morgan fingerprint density at radius 2 is 1.92 bits per heavy atom. The first-order valence-corrected chi connectivity index (χ1v) is 7.93. The Balaban J connectivity index is 2.64. The lowest BCUT2D eigenvalue weighted by Crippen LogP contribution is -2.37. The molecule has 2 N–H and O–H groups in total. The predicted molar refractivity (Wildman–Crippen MR) is 98.0 cm³/mol. The molecular weight excluding hydrogens is 334 g/mol. The van der Waals surface area contributed by atoms with Gasteiger partial charge in [-0.2, -0.15) is 5.26 Å². The number of nitrogens with two attached hydrogens (primary N) is 1. The van der Waals surface area contributed by atoms with Crippen LogP contribution in [-0.2, 0) is 14.1 Å². The fraction of sp³-hybridized carbons (Fsp3) is 0.222. The highest BCUT2D eigenvalue weighted by Crippen LogP contribution is 2.37. The molecule has 0 saturated carbocycles. The Bertz CT molecular complexity index is 1180. The summed E-state index contributed by atoms with van der Waals surface area (Å²) in [4.78, 5) is 29.2. The second-order valence-electron chi connectivity index (χ2n) is 5.69. The van der Waals surface area contributed by atoms with Gasteiger partial charge >= 0.3 is 5.69 Å². The van der Waals surface area contributed by atoms with Crippen LogP contribution in [0.25, 0.3) is 22.2 Å². The molecule has 3 rings (SSSR count). The third kappa shape index (κ3) is 2.41. The van der Waals surface area contributed by atoms with E-state index in [0.29, 0.717) is 23.5 Å². The number of aromatic nitrogens is 3. The Morgan fingerprint density at radius 3 is 2.58 bits per heavy atom. The molecule has 132 valence electrons. The summed E-state index contributed by atoms with van der Waals surface area (Å²) in [5.74, 6) is 0.457. The van der Waals surface area contributed by atoms with Crippen LogP contribution < -0.4 is 21.7 Å². The minimum Gasteiger partial charge on any atom is -0.493 e. The number of para-hydroxylation sites is 1. The number of rotatable bonds is 3. The monoisotopic (exact) mass is 351 g/mol. The van der Waals surface area contributed by atoms with Crippen LogP contribution in [0.5, 0.6) is 5.75 Å². The van der Waals surface area contributed by atoms with Gasteiger partial charge in [0.05, 0.1) is 12.0 Å². The molecule has 1 aromatic carbocycles. The van der Waals surface area contributed by atoms with E-state index in [4.69, 9.17) is 10.5 Å². The van der Waals surface area contributed by atoms with E-state index in [1.54, 1.807) is 24.3 Å². The van der Waals surface area contributed by atoms with Crippen molar-refractivity contribution in [2.45, 2.75) is 6.92 Å². The minimum absolute atomic E-state index is 0.0513. The van der Waals surface area contributed by atoms with E-state index in [2.05, 4.69) is 4.98 Å². The zero-order valence-electron chi connectivity index (χ0n) is 14.6. The summed E-state index contributed by atoms with van der Waals surface area (Å²) in [6.07, 6.45) is 0. The molecule has 0 aliphatic rings.